The van der Waals surface area contributed by atoms with Crippen molar-refractivity contribution < 1.29 is 14.6 Å². The third-order valence-corrected chi connectivity index (χ3v) is 13.7. The molecule has 0 aromatic heterocycles. The molecule has 0 bridgehead atoms. The number of hydrogen-bond donors (Lipinski definition) is 4. The molecule has 6 heteroatoms. The molecule has 6 nitrogen and oxygen atoms in total. The van der Waals surface area contributed by atoms with Crippen molar-refractivity contribution in [3.05, 3.63) is 0 Å². The highest BCUT2D eigenvalue weighted by Crippen LogP contribution is 2.69. The Hall–Kier alpha value is -0.690. The second-order valence-electron chi connectivity index (χ2n) is 16.2. The van der Waals surface area contributed by atoms with Crippen LogP contribution in [0.2, 0.25) is 0 Å². The summed E-state index contributed by atoms with van der Waals surface area (Å²) in [5.74, 6) is 5.72. The minimum Gasteiger partial charge on any atom is -0.483 e. The van der Waals surface area contributed by atoms with Gasteiger partial charge in [-0.1, -0.05) is 67.7 Å². The van der Waals surface area contributed by atoms with Gasteiger partial charge in [0.2, 0.25) is 0 Å². The fourth-order valence-electron chi connectivity index (χ4n) is 11.4. The first-order valence-electron chi connectivity index (χ1n) is 18.0. The topological polar surface area (TPSA) is 96.6 Å². The van der Waals surface area contributed by atoms with E-state index < -0.39 is 0 Å². The predicted molar refractivity (Wildman–Crippen MR) is 173 cm³/mol. The Morgan fingerprint density at radius 1 is 1.00 bits per heavy atom. The maximum absolute atomic E-state index is 8.36. The molecule has 1 saturated heterocycles. The number of carboxylic acid groups (broad SMARTS) is 1. The largest absolute Gasteiger partial charge is 0.483 e. The van der Waals surface area contributed by atoms with Crippen molar-refractivity contribution in [2.75, 3.05) is 13.1 Å². The zero-order valence-electron chi connectivity index (χ0n) is 28.3. The van der Waals surface area contributed by atoms with Crippen molar-refractivity contribution in [1.29, 1.82) is 0 Å². The summed E-state index contributed by atoms with van der Waals surface area (Å²) in [4.78, 5) is 8.36. The van der Waals surface area contributed by atoms with Gasteiger partial charge in [-0.2, -0.15) is 0 Å². The molecule has 1 aliphatic heterocycles. The van der Waals surface area contributed by atoms with Crippen LogP contribution in [-0.4, -0.2) is 48.6 Å². The first-order chi connectivity index (χ1) is 20.0. The van der Waals surface area contributed by atoms with Gasteiger partial charge in [-0.25, -0.2) is 0 Å². The molecule has 0 aromatic rings. The molecule has 4 saturated carbocycles. The Morgan fingerprint density at radius 2 is 1.67 bits per heavy atom. The minimum atomic E-state index is -0.250. The monoisotopic (exact) mass is 590 g/mol. The molecule has 5 aliphatic rings. The number of carbonyl (C=O) groups is 1. The molecule has 12 atom stereocenters. The molecule has 4 aliphatic carbocycles. The maximum Gasteiger partial charge on any atom is 0.290 e. The van der Waals surface area contributed by atoms with Gasteiger partial charge in [-0.15, -0.1) is 0 Å². The Bertz CT molecular complexity index is 864. The van der Waals surface area contributed by atoms with Crippen LogP contribution in [0.5, 0.6) is 0 Å². The molecule has 5 N–H and O–H groups in total. The Labute approximate surface area is 258 Å². The van der Waals surface area contributed by atoms with Gasteiger partial charge in [-0.05, 0) is 111 Å². The average molecular weight is 590 g/mol. The zero-order valence-corrected chi connectivity index (χ0v) is 28.3. The summed E-state index contributed by atoms with van der Waals surface area (Å²) in [6, 6.07) is 0.671. The van der Waals surface area contributed by atoms with Crippen molar-refractivity contribution >= 4 is 6.47 Å². The number of hydrogen-bond acceptors (Lipinski definition) is 5. The second-order valence-corrected chi connectivity index (χ2v) is 16.2. The van der Waals surface area contributed by atoms with Crippen LogP contribution in [0.4, 0.5) is 0 Å². The number of fused-ring (bicyclic) bond motifs is 7. The highest BCUT2D eigenvalue weighted by Gasteiger charge is 2.65. The van der Waals surface area contributed by atoms with Gasteiger partial charge in [0.25, 0.3) is 6.47 Å². The highest BCUT2D eigenvalue weighted by molar-refractivity contribution is 5.32. The Morgan fingerprint density at radius 3 is 2.31 bits per heavy atom. The highest BCUT2D eigenvalue weighted by atomic mass is 16.5. The molecule has 5 fully saturated rings. The fraction of sp³-hybridized carbons (Fsp3) is 0.972. The van der Waals surface area contributed by atoms with Gasteiger partial charge in [0, 0.05) is 30.6 Å². The predicted octanol–water partition coefficient (Wildman–Crippen LogP) is 7.21. The molecule has 0 radical (unpaired) electrons. The lowest BCUT2D eigenvalue weighted by Gasteiger charge is -2.61. The average Bonchev–Trinajstić information content (AvgIpc) is 3.44. The van der Waals surface area contributed by atoms with Crippen LogP contribution in [0, 0.1) is 52.3 Å². The number of rotatable bonds is 11. The Kier molecular flexibility index (Phi) is 11.5. The summed E-state index contributed by atoms with van der Waals surface area (Å²) in [6.07, 6.45) is 17.9. The van der Waals surface area contributed by atoms with Gasteiger partial charge >= 0.3 is 0 Å². The Balaban J connectivity index is 0.00000129. The van der Waals surface area contributed by atoms with E-state index in [0.717, 1.165) is 61.4 Å². The summed E-state index contributed by atoms with van der Waals surface area (Å²) >= 11 is 0. The summed E-state index contributed by atoms with van der Waals surface area (Å²) < 4.78 is 6.83. The smallest absolute Gasteiger partial charge is 0.290 e. The van der Waals surface area contributed by atoms with Crippen molar-refractivity contribution in [3.63, 3.8) is 0 Å². The van der Waals surface area contributed by atoms with Gasteiger partial charge in [0.05, 0.1) is 6.10 Å². The van der Waals surface area contributed by atoms with E-state index >= 15 is 0 Å². The lowest BCUT2D eigenvalue weighted by Crippen LogP contribution is -2.57. The molecule has 10 unspecified atom stereocenters. The minimum absolute atomic E-state index is 0.0156. The normalized spacial score (nSPS) is 43.3. The van der Waals surface area contributed by atoms with Crippen LogP contribution < -0.4 is 16.4 Å². The van der Waals surface area contributed by atoms with Gasteiger partial charge in [0.1, 0.15) is 6.23 Å². The number of nitrogens with one attached hydrogen (secondary N) is 2. The standard InChI is InChI=1S/C35H65N3O.CH2O2/c1-8-15-35(36,16-9-2)22-38-26-13-17-33(6)25(19-26)11-12-27-28(33)14-18-34(7)29(27)20-30-31(34)24(5)32(39-30)37-21-23(4)10-3;2-1-3/h23-32,37-38H,8-22,36H2,1-7H3;1H,(H,2,3)/t23-,24-,25?,26?,27?,28?,29?,30?,31?,32?,33?,34?;/m0./s1. The molecular weight excluding hydrogens is 522 g/mol. The van der Waals surface area contributed by atoms with Crippen molar-refractivity contribution in [2.24, 2.45) is 58.0 Å². The molecule has 5 rings (SSSR count). The fourth-order valence-corrected chi connectivity index (χ4v) is 11.4. The summed E-state index contributed by atoms with van der Waals surface area (Å²) in [7, 11) is 0. The van der Waals surface area contributed by atoms with E-state index in [1.807, 2.05) is 0 Å². The number of ether oxygens (including phenoxy) is 1. The molecule has 0 amide bonds. The molecular formula is C36H67N3O3. The third kappa shape index (κ3) is 6.63. The van der Waals surface area contributed by atoms with Gasteiger partial charge < -0.3 is 20.9 Å². The third-order valence-electron chi connectivity index (χ3n) is 13.7. The number of nitrogens with two attached hydrogens (primary N) is 1. The van der Waals surface area contributed by atoms with E-state index in [2.05, 4.69) is 59.1 Å². The first-order valence-corrected chi connectivity index (χ1v) is 18.0. The molecule has 1 heterocycles. The van der Waals surface area contributed by atoms with E-state index in [4.69, 9.17) is 20.4 Å². The maximum atomic E-state index is 8.36. The summed E-state index contributed by atoms with van der Waals surface area (Å²) in [5.41, 5.74) is 7.86. The van der Waals surface area contributed by atoms with E-state index in [1.54, 1.807) is 0 Å². The van der Waals surface area contributed by atoms with Gasteiger partial charge in [0.15, 0.2) is 0 Å². The quantitative estimate of drug-likeness (QED) is 0.190. The van der Waals surface area contributed by atoms with Gasteiger partial charge in [-0.3, -0.25) is 10.1 Å². The van der Waals surface area contributed by atoms with Crippen LogP contribution in [0.25, 0.3) is 0 Å². The van der Waals surface area contributed by atoms with Crippen molar-refractivity contribution in [3.8, 4) is 0 Å². The van der Waals surface area contributed by atoms with Crippen LogP contribution in [-0.2, 0) is 9.53 Å². The second kappa shape index (κ2) is 14.2. The van der Waals surface area contributed by atoms with Crippen LogP contribution in [0.1, 0.15) is 132 Å². The molecule has 0 aromatic carbocycles. The first kappa shape index (κ1) is 34.2. The van der Waals surface area contributed by atoms with Crippen molar-refractivity contribution in [2.45, 2.75) is 156 Å². The van der Waals surface area contributed by atoms with E-state index in [0.29, 0.717) is 28.9 Å². The van der Waals surface area contributed by atoms with Crippen LogP contribution >= 0.6 is 0 Å². The van der Waals surface area contributed by atoms with Crippen LogP contribution in [0.3, 0.4) is 0 Å². The SMILES string of the molecule is CCCC(N)(CCC)CNC1CCC2(C)C(CCC3C2CCC2(C)C3CC3OC(NC[C@@H](C)CC)[C@@H](C)C32)C1.O=CO. The van der Waals surface area contributed by atoms with E-state index in [1.165, 1.54) is 70.6 Å². The van der Waals surface area contributed by atoms with E-state index in [-0.39, 0.29) is 18.2 Å². The van der Waals surface area contributed by atoms with E-state index in [9.17, 15) is 0 Å². The lowest BCUT2D eigenvalue weighted by atomic mass is 9.44. The van der Waals surface area contributed by atoms with Crippen molar-refractivity contribution in [1.82, 2.24) is 10.6 Å². The summed E-state index contributed by atoms with van der Waals surface area (Å²) in [5, 5.41) is 14.7. The molecule has 0 spiro atoms. The lowest BCUT2D eigenvalue weighted by molar-refractivity contribution is -0.122. The van der Waals surface area contributed by atoms with Crippen LogP contribution in [0.15, 0.2) is 0 Å². The summed E-state index contributed by atoms with van der Waals surface area (Å²) in [6.45, 7) is 19.0. The zero-order chi connectivity index (χ0) is 30.7. The molecule has 42 heavy (non-hydrogen) atoms. The molecule has 244 valence electrons.